The van der Waals surface area contributed by atoms with E-state index in [2.05, 4.69) is 4.98 Å². The fourth-order valence-corrected chi connectivity index (χ4v) is 3.25. The summed E-state index contributed by atoms with van der Waals surface area (Å²) in [5, 5.41) is 10.9. The van der Waals surface area contributed by atoms with Gasteiger partial charge in [0.25, 0.3) is 0 Å². The van der Waals surface area contributed by atoms with Gasteiger partial charge in [-0.05, 0) is 43.7 Å². The first-order chi connectivity index (χ1) is 11.0. The normalized spacial score (nSPS) is 24.6. The molecule has 1 aromatic heterocycles. The number of β-amino-alcohol motifs (C(OH)–C–C–N with tert-alkyl or cyclic N) is 1. The van der Waals surface area contributed by atoms with Crippen molar-refractivity contribution in [3.05, 3.63) is 24.1 Å². The summed E-state index contributed by atoms with van der Waals surface area (Å²) in [5.41, 5.74) is -0.942. The molecule has 2 aliphatic rings. The summed E-state index contributed by atoms with van der Waals surface area (Å²) in [7, 11) is 1.76. The average Bonchev–Trinajstić information content (AvgIpc) is 3.31. The van der Waals surface area contributed by atoms with Crippen LogP contribution in [0.3, 0.4) is 0 Å². The van der Waals surface area contributed by atoms with E-state index in [1.165, 1.54) is 12.3 Å². The zero-order valence-electron chi connectivity index (χ0n) is 13.5. The van der Waals surface area contributed by atoms with Crippen LogP contribution in [-0.4, -0.2) is 53.2 Å². The van der Waals surface area contributed by atoms with Gasteiger partial charge in [-0.15, -0.1) is 0 Å². The first-order valence-electron chi connectivity index (χ1n) is 8.28. The molecule has 1 saturated heterocycles. The lowest BCUT2D eigenvalue weighted by molar-refractivity contribution is -0.133. The topological polar surface area (TPSA) is 56.7 Å². The highest BCUT2D eigenvalue weighted by Gasteiger charge is 2.36. The van der Waals surface area contributed by atoms with E-state index in [9.17, 15) is 14.3 Å². The molecule has 0 radical (unpaired) electrons. The molecule has 0 spiro atoms. The van der Waals surface area contributed by atoms with Crippen molar-refractivity contribution in [1.29, 1.82) is 0 Å². The van der Waals surface area contributed by atoms with Crippen molar-refractivity contribution in [1.82, 2.24) is 9.88 Å². The predicted octanol–water partition coefficient (Wildman–Crippen LogP) is 1.81. The van der Waals surface area contributed by atoms with Crippen molar-refractivity contribution in [3.63, 3.8) is 0 Å². The molecule has 3 rings (SSSR count). The number of hydrogen-bond donors (Lipinski definition) is 1. The van der Waals surface area contributed by atoms with Crippen molar-refractivity contribution in [2.45, 2.75) is 37.7 Å². The standard InChI is InChI=1S/C17H24FN3O2/c1-20(16(22)9-13-3-4-13)11-17(23)7-2-8-21(12-17)15-6-5-14(18)10-19-15/h5-6,10,13,23H,2-4,7-9,11-12H2,1H3. The lowest BCUT2D eigenvalue weighted by Gasteiger charge is -2.41. The quantitative estimate of drug-likeness (QED) is 0.899. The third-order valence-corrected chi connectivity index (χ3v) is 4.71. The number of rotatable bonds is 5. The van der Waals surface area contributed by atoms with Crippen LogP contribution in [0.5, 0.6) is 0 Å². The Labute approximate surface area is 136 Å². The van der Waals surface area contributed by atoms with E-state index >= 15 is 0 Å². The van der Waals surface area contributed by atoms with Crippen LogP contribution in [0.25, 0.3) is 0 Å². The molecule has 5 nitrogen and oxygen atoms in total. The summed E-state index contributed by atoms with van der Waals surface area (Å²) in [6.45, 7) is 1.52. The van der Waals surface area contributed by atoms with Gasteiger partial charge in [-0.25, -0.2) is 9.37 Å². The molecule has 126 valence electrons. The number of piperidine rings is 1. The van der Waals surface area contributed by atoms with Crippen LogP contribution in [0.2, 0.25) is 0 Å². The predicted molar refractivity (Wildman–Crippen MR) is 85.6 cm³/mol. The Bertz CT molecular complexity index is 561. The van der Waals surface area contributed by atoms with Crippen LogP contribution in [0, 0.1) is 11.7 Å². The molecule has 23 heavy (non-hydrogen) atoms. The summed E-state index contributed by atoms with van der Waals surface area (Å²) >= 11 is 0. The number of anilines is 1. The highest BCUT2D eigenvalue weighted by Crippen LogP contribution is 2.33. The van der Waals surface area contributed by atoms with Crippen molar-refractivity contribution >= 4 is 11.7 Å². The lowest BCUT2D eigenvalue weighted by atomic mass is 9.92. The van der Waals surface area contributed by atoms with Gasteiger partial charge in [-0.1, -0.05) is 0 Å². The number of likely N-dealkylation sites (N-methyl/N-ethyl adjacent to an activating group) is 1. The molecule has 1 atom stereocenters. The number of pyridine rings is 1. The van der Waals surface area contributed by atoms with Crippen molar-refractivity contribution < 1.29 is 14.3 Å². The minimum Gasteiger partial charge on any atom is -0.386 e. The smallest absolute Gasteiger partial charge is 0.222 e. The van der Waals surface area contributed by atoms with Crippen LogP contribution in [0.4, 0.5) is 10.2 Å². The van der Waals surface area contributed by atoms with Gasteiger partial charge in [0.15, 0.2) is 0 Å². The monoisotopic (exact) mass is 321 g/mol. The fourth-order valence-electron chi connectivity index (χ4n) is 3.25. The van der Waals surface area contributed by atoms with Crippen molar-refractivity contribution in [2.75, 3.05) is 31.6 Å². The number of aliphatic hydroxyl groups is 1. The molecule has 1 N–H and O–H groups in total. The van der Waals surface area contributed by atoms with E-state index in [4.69, 9.17) is 0 Å². The summed E-state index contributed by atoms with van der Waals surface area (Å²) in [6.07, 6.45) is 5.55. The molecule has 1 aliphatic carbocycles. The van der Waals surface area contributed by atoms with Gasteiger partial charge in [-0.3, -0.25) is 4.79 Å². The molecule has 1 unspecified atom stereocenters. The van der Waals surface area contributed by atoms with Gasteiger partial charge in [-0.2, -0.15) is 0 Å². The third-order valence-electron chi connectivity index (χ3n) is 4.71. The number of aromatic nitrogens is 1. The first kappa shape index (κ1) is 16.2. The number of carbonyl (C=O) groups excluding carboxylic acids is 1. The van der Waals surface area contributed by atoms with Gasteiger partial charge in [0.2, 0.25) is 5.91 Å². The van der Waals surface area contributed by atoms with E-state index in [1.54, 1.807) is 18.0 Å². The summed E-state index contributed by atoms with van der Waals surface area (Å²) in [4.78, 5) is 19.8. The summed E-state index contributed by atoms with van der Waals surface area (Å²) < 4.78 is 13.0. The Balaban J connectivity index is 1.61. The van der Waals surface area contributed by atoms with E-state index < -0.39 is 5.60 Å². The molecule has 6 heteroatoms. The minimum atomic E-state index is -0.942. The molecule has 2 heterocycles. The second kappa shape index (κ2) is 6.43. The summed E-state index contributed by atoms with van der Waals surface area (Å²) in [6, 6.07) is 3.00. The molecule has 1 aliphatic heterocycles. The zero-order chi connectivity index (χ0) is 16.4. The number of halogens is 1. The SMILES string of the molecule is CN(CC1(O)CCCN(c2ccc(F)cn2)C1)C(=O)CC1CC1. The Morgan fingerprint density at radius 3 is 2.96 bits per heavy atom. The average molecular weight is 321 g/mol. The molecule has 2 fully saturated rings. The van der Waals surface area contributed by atoms with Crippen LogP contribution < -0.4 is 4.90 Å². The largest absolute Gasteiger partial charge is 0.386 e. The second-order valence-corrected chi connectivity index (χ2v) is 6.98. The Hall–Kier alpha value is -1.69. The maximum Gasteiger partial charge on any atom is 0.222 e. The number of hydrogen-bond acceptors (Lipinski definition) is 4. The van der Waals surface area contributed by atoms with Gasteiger partial charge >= 0.3 is 0 Å². The van der Waals surface area contributed by atoms with Crippen molar-refractivity contribution in [3.8, 4) is 0 Å². The van der Waals surface area contributed by atoms with Gasteiger partial charge in [0, 0.05) is 26.6 Å². The van der Waals surface area contributed by atoms with Crippen LogP contribution in [0.15, 0.2) is 18.3 Å². The van der Waals surface area contributed by atoms with Gasteiger partial charge < -0.3 is 14.9 Å². The fraction of sp³-hybridized carbons (Fsp3) is 0.647. The van der Waals surface area contributed by atoms with Crippen LogP contribution in [-0.2, 0) is 4.79 Å². The van der Waals surface area contributed by atoms with Crippen molar-refractivity contribution in [2.24, 2.45) is 5.92 Å². The zero-order valence-corrected chi connectivity index (χ0v) is 13.5. The molecule has 1 saturated carbocycles. The Kier molecular flexibility index (Phi) is 4.53. The van der Waals surface area contributed by atoms with Gasteiger partial charge in [0.05, 0.1) is 18.3 Å². The number of carbonyl (C=O) groups is 1. The second-order valence-electron chi connectivity index (χ2n) is 6.98. The molecule has 0 bridgehead atoms. The Morgan fingerprint density at radius 2 is 2.30 bits per heavy atom. The summed E-state index contributed by atoms with van der Waals surface area (Å²) in [5.74, 6) is 0.951. The molecular weight excluding hydrogens is 297 g/mol. The van der Waals surface area contributed by atoms with Gasteiger partial charge in [0.1, 0.15) is 11.6 Å². The maximum atomic E-state index is 13.0. The van der Waals surface area contributed by atoms with Crippen LogP contribution >= 0.6 is 0 Å². The number of nitrogens with zero attached hydrogens (tertiary/aromatic N) is 3. The molecule has 1 amide bonds. The molecule has 0 aromatic carbocycles. The third kappa shape index (κ3) is 4.19. The highest BCUT2D eigenvalue weighted by molar-refractivity contribution is 5.76. The lowest BCUT2D eigenvalue weighted by Crippen LogP contribution is -2.54. The maximum absolute atomic E-state index is 13.0. The van der Waals surface area contributed by atoms with E-state index in [0.29, 0.717) is 37.7 Å². The molecular formula is C17H24FN3O2. The first-order valence-corrected chi connectivity index (χ1v) is 8.28. The number of amides is 1. The van der Waals surface area contributed by atoms with E-state index in [1.807, 2.05) is 4.90 Å². The van der Waals surface area contributed by atoms with E-state index in [0.717, 1.165) is 25.8 Å². The van der Waals surface area contributed by atoms with Crippen LogP contribution in [0.1, 0.15) is 32.1 Å². The molecule has 1 aromatic rings. The highest BCUT2D eigenvalue weighted by atomic mass is 19.1. The van der Waals surface area contributed by atoms with E-state index in [-0.39, 0.29) is 11.7 Å². The Morgan fingerprint density at radius 1 is 1.52 bits per heavy atom. The minimum absolute atomic E-state index is 0.109.